The van der Waals surface area contributed by atoms with Crippen LogP contribution >= 0.6 is 0 Å². The smallest absolute Gasteiger partial charge is 0.294 e. The first-order chi connectivity index (χ1) is 7.59. The lowest BCUT2D eigenvalue weighted by atomic mass is 9.99. The van der Waals surface area contributed by atoms with E-state index in [9.17, 15) is 10.1 Å². The summed E-state index contributed by atoms with van der Waals surface area (Å²) < 4.78 is 0. The standard InChI is InChI=1S/C12H17NO3/c1-10(2)12-7-3-5-11(9-12)6-4-8-16-13(14)15/h3,5,7,9-10H,4,6,8H2,1-2H3. The molecule has 16 heavy (non-hydrogen) atoms. The molecule has 0 saturated heterocycles. The Morgan fingerprint density at radius 2 is 2.19 bits per heavy atom. The predicted molar refractivity (Wildman–Crippen MR) is 61.8 cm³/mol. The lowest BCUT2D eigenvalue weighted by molar-refractivity contribution is -0.757. The number of hydrogen-bond donors (Lipinski definition) is 0. The quantitative estimate of drug-likeness (QED) is 0.423. The van der Waals surface area contributed by atoms with Gasteiger partial charge >= 0.3 is 0 Å². The Kier molecular flexibility index (Phi) is 4.76. The second-order valence-electron chi connectivity index (χ2n) is 4.06. The molecule has 0 amide bonds. The molecule has 0 unspecified atom stereocenters. The molecule has 0 atom stereocenters. The van der Waals surface area contributed by atoms with E-state index in [-0.39, 0.29) is 6.61 Å². The van der Waals surface area contributed by atoms with Crippen molar-refractivity contribution in [2.75, 3.05) is 6.61 Å². The number of hydrogen-bond acceptors (Lipinski definition) is 3. The second kappa shape index (κ2) is 6.10. The molecule has 1 aromatic carbocycles. The molecule has 1 aromatic rings. The van der Waals surface area contributed by atoms with Crippen LogP contribution < -0.4 is 0 Å². The fourth-order valence-electron chi connectivity index (χ4n) is 1.52. The van der Waals surface area contributed by atoms with Crippen LogP contribution in [0.25, 0.3) is 0 Å². The van der Waals surface area contributed by atoms with Crippen LogP contribution in [0.15, 0.2) is 24.3 Å². The van der Waals surface area contributed by atoms with Gasteiger partial charge < -0.3 is 4.84 Å². The molecule has 0 saturated carbocycles. The third-order valence-corrected chi connectivity index (χ3v) is 2.42. The van der Waals surface area contributed by atoms with Crippen molar-refractivity contribution in [3.63, 3.8) is 0 Å². The van der Waals surface area contributed by atoms with Gasteiger partial charge in [-0.1, -0.05) is 38.1 Å². The van der Waals surface area contributed by atoms with Gasteiger partial charge in [0.15, 0.2) is 0 Å². The fraction of sp³-hybridized carbons (Fsp3) is 0.500. The molecule has 0 radical (unpaired) electrons. The minimum Gasteiger partial charge on any atom is -0.314 e. The Bertz CT molecular complexity index is 350. The zero-order valence-corrected chi connectivity index (χ0v) is 9.68. The molecule has 0 aliphatic carbocycles. The Hall–Kier alpha value is -1.58. The monoisotopic (exact) mass is 223 g/mol. The van der Waals surface area contributed by atoms with Crippen molar-refractivity contribution in [2.45, 2.75) is 32.6 Å². The molecule has 0 aliphatic rings. The molecule has 0 bridgehead atoms. The topological polar surface area (TPSA) is 52.4 Å². The Morgan fingerprint density at radius 1 is 1.44 bits per heavy atom. The first-order valence-electron chi connectivity index (χ1n) is 5.45. The summed E-state index contributed by atoms with van der Waals surface area (Å²) in [6.07, 6.45) is 1.48. The van der Waals surface area contributed by atoms with Gasteiger partial charge in [0, 0.05) is 0 Å². The van der Waals surface area contributed by atoms with Crippen molar-refractivity contribution < 1.29 is 9.92 Å². The summed E-state index contributed by atoms with van der Waals surface area (Å²) in [4.78, 5) is 14.2. The third kappa shape index (κ3) is 4.29. The van der Waals surface area contributed by atoms with Crippen LogP contribution in [0.2, 0.25) is 0 Å². The Labute approximate surface area is 95.3 Å². The first kappa shape index (κ1) is 12.5. The molecular formula is C12H17NO3. The van der Waals surface area contributed by atoms with Gasteiger partial charge in [0.05, 0.1) is 6.61 Å². The second-order valence-corrected chi connectivity index (χ2v) is 4.06. The van der Waals surface area contributed by atoms with Gasteiger partial charge in [-0.05, 0) is 29.9 Å². The normalized spacial score (nSPS) is 10.4. The van der Waals surface area contributed by atoms with Crippen LogP contribution in [0.4, 0.5) is 0 Å². The van der Waals surface area contributed by atoms with E-state index in [1.807, 2.05) is 12.1 Å². The van der Waals surface area contributed by atoms with Crippen LogP contribution in [0.3, 0.4) is 0 Å². The summed E-state index contributed by atoms with van der Waals surface area (Å²) >= 11 is 0. The van der Waals surface area contributed by atoms with Crippen molar-refractivity contribution in [1.29, 1.82) is 0 Å². The fourth-order valence-corrected chi connectivity index (χ4v) is 1.52. The van der Waals surface area contributed by atoms with Crippen LogP contribution in [0.5, 0.6) is 0 Å². The number of aryl methyl sites for hydroxylation is 1. The van der Waals surface area contributed by atoms with Crippen LogP contribution in [0, 0.1) is 10.1 Å². The van der Waals surface area contributed by atoms with Gasteiger partial charge in [0.2, 0.25) is 0 Å². The highest BCUT2D eigenvalue weighted by atomic mass is 16.9. The van der Waals surface area contributed by atoms with E-state index < -0.39 is 5.09 Å². The minimum absolute atomic E-state index is 0.166. The molecular weight excluding hydrogens is 206 g/mol. The maximum Gasteiger partial charge on any atom is 0.294 e. The molecule has 0 fully saturated rings. The molecule has 0 heterocycles. The summed E-state index contributed by atoms with van der Waals surface area (Å²) in [5.41, 5.74) is 2.51. The summed E-state index contributed by atoms with van der Waals surface area (Å²) in [6.45, 7) is 4.46. The highest BCUT2D eigenvalue weighted by molar-refractivity contribution is 5.25. The largest absolute Gasteiger partial charge is 0.314 e. The molecule has 4 heteroatoms. The summed E-state index contributed by atoms with van der Waals surface area (Å²) in [6, 6.07) is 8.32. The van der Waals surface area contributed by atoms with Gasteiger partial charge in [0.1, 0.15) is 0 Å². The van der Waals surface area contributed by atoms with Gasteiger partial charge in [-0.15, -0.1) is 10.1 Å². The molecule has 0 N–H and O–H groups in total. The minimum atomic E-state index is -0.745. The van der Waals surface area contributed by atoms with Gasteiger partial charge in [-0.25, -0.2) is 0 Å². The SMILES string of the molecule is CC(C)c1cccc(CCCO[N+](=O)[O-])c1. The van der Waals surface area contributed by atoms with Crippen LogP contribution in [-0.4, -0.2) is 11.7 Å². The lowest BCUT2D eigenvalue weighted by Crippen LogP contribution is -2.03. The van der Waals surface area contributed by atoms with Crippen LogP contribution in [-0.2, 0) is 11.3 Å². The zero-order valence-electron chi connectivity index (χ0n) is 9.68. The maximum absolute atomic E-state index is 9.94. The highest BCUT2D eigenvalue weighted by Crippen LogP contribution is 2.16. The summed E-state index contributed by atoms with van der Waals surface area (Å²) in [5, 5.41) is 9.19. The predicted octanol–water partition coefficient (Wildman–Crippen LogP) is 2.95. The van der Waals surface area contributed by atoms with Crippen molar-refractivity contribution >= 4 is 0 Å². The van der Waals surface area contributed by atoms with Crippen molar-refractivity contribution in [1.82, 2.24) is 0 Å². The molecule has 0 aromatic heterocycles. The van der Waals surface area contributed by atoms with Crippen molar-refractivity contribution in [2.24, 2.45) is 0 Å². The van der Waals surface area contributed by atoms with Crippen molar-refractivity contribution in [3.8, 4) is 0 Å². The van der Waals surface area contributed by atoms with E-state index >= 15 is 0 Å². The van der Waals surface area contributed by atoms with Gasteiger partial charge in [-0.3, -0.25) is 0 Å². The van der Waals surface area contributed by atoms with E-state index in [0.717, 1.165) is 6.42 Å². The number of benzene rings is 1. The Morgan fingerprint density at radius 3 is 2.81 bits per heavy atom. The third-order valence-electron chi connectivity index (χ3n) is 2.42. The van der Waals surface area contributed by atoms with E-state index in [1.54, 1.807) is 0 Å². The van der Waals surface area contributed by atoms with Gasteiger partial charge in [-0.2, -0.15) is 0 Å². The van der Waals surface area contributed by atoms with E-state index in [2.05, 4.69) is 30.8 Å². The first-order valence-corrected chi connectivity index (χ1v) is 5.45. The lowest BCUT2D eigenvalue weighted by Gasteiger charge is -2.07. The number of nitrogens with zero attached hydrogens (tertiary/aromatic N) is 1. The molecule has 4 nitrogen and oxygen atoms in total. The average Bonchev–Trinajstić information content (AvgIpc) is 2.24. The highest BCUT2D eigenvalue weighted by Gasteiger charge is 2.01. The van der Waals surface area contributed by atoms with E-state index in [1.165, 1.54) is 11.1 Å². The van der Waals surface area contributed by atoms with Crippen molar-refractivity contribution in [3.05, 3.63) is 45.5 Å². The van der Waals surface area contributed by atoms with E-state index in [4.69, 9.17) is 0 Å². The molecule has 0 aliphatic heterocycles. The summed E-state index contributed by atoms with van der Waals surface area (Å²) in [7, 11) is 0. The zero-order chi connectivity index (χ0) is 12.0. The van der Waals surface area contributed by atoms with E-state index in [0.29, 0.717) is 12.3 Å². The average molecular weight is 223 g/mol. The number of rotatable bonds is 6. The van der Waals surface area contributed by atoms with Gasteiger partial charge in [0.25, 0.3) is 5.09 Å². The maximum atomic E-state index is 9.94. The molecule has 1 rings (SSSR count). The molecule has 88 valence electrons. The summed E-state index contributed by atoms with van der Waals surface area (Å²) in [5.74, 6) is 0.509. The Balaban J connectivity index is 2.42. The van der Waals surface area contributed by atoms with Crippen LogP contribution in [0.1, 0.15) is 37.3 Å². The molecule has 0 spiro atoms.